The first-order valence-electron chi connectivity index (χ1n) is 6.35. The summed E-state index contributed by atoms with van der Waals surface area (Å²) in [4.78, 5) is 6.08. The summed E-state index contributed by atoms with van der Waals surface area (Å²) in [5.41, 5.74) is 2.29. The van der Waals surface area contributed by atoms with E-state index in [4.69, 9.17) is 0 Å². The van der Waals surface area contributed by atoms with Gasteiger partial charge in [0.15, 0.2) is 0 Å². The van der Waals surface area contributed by atoms with E-state index in [2.05, 4.69) is 16.0 Å². The number of nitrogens with zero attached hydrogens (tertiary/aromatic N) is 3. The van der Waals surface area contributed by atoms with Crippen molar-refractivity contribution in [3.8, 4) is 6.07 Å². The van der Waals surface area contributed by atoms with E-state index in [0.717, 1.165) is 18.5 Å². The molecular weight excluding hydrogens is 234 g/mol. The minimum absolute atomic E-state index is 0.192. The molecule has 2 aromatic rings. The molecule has 1 aromatic carbocycles. The number of likely N-dealkylation sites (N-methyl/N-ethyl adjacent to an activating group) is 1. The van der Waals surface area contributed by atoms with E-state index in [1.54, 1.807) is 12.4 Å². The molecule has 0 saturated heterocycles. The van der Waals surface area contributed by atoms with Gasteiger partial charge in [-0.2, -0.15) is 5.26 Å². The molecule has 1 atom stereocenters. The SMILES string of the molecule is CN(CCc1ccncc1)C(C#N)c1ccccc1. The first-order chi connectivity index (χ1) is 9.31. The van der Waals surface area contributed by atoms with Crippen LogP contribution in [0.25, 0.3) is 0 Å². The molecule has 0 aliphatic rings. The van der Waals surface area contributed by atoms with Gasteiger partial charge in [0.25, 0.3) is 0 Å². The Morgan fingerprint density at radius 3 is 2.47 bits per heavy atom. The number of hydrogen-bond acceptors (Lipinski definition) is 3. The zero-order valence-electron chi connectivity index (χ0n) is 11.0. The Morgan fingerprint density at radius 2 is 1.84 bits per heavy atom. The lowest BCUT2D eigenvalue weighted by atomic mass is 10.1. The van der Waals surface area contributed by atoms with Crippen LogP contribution in [0.15, 0.2) is 54.9 Å². The number of hydrogen-bond donors (Lipinski definition) is 0. The molecule has 19 heavy (non-hydrogen) atoms. The molecule has 0 radical (unpaired) electrons. The van der Waals surface area contributed by atoms with Crippen molar-refractivity contribution < 1.29 is 0 Å². The highest BCUT2D eigenvalue weighted by Gasteiger charge is 2.15. The smallest absolute Gasteiger partial charge is 0.123 e. The second-order valence-corrected chi connectivity index (χ2v) is 4.53. The quantitative estimate of drug-likeness (QED) is 0.820. The molecule has 0 amide bonds. The van der Waals surface area contributed by atoms with Gasteiger partial charge < -0.3 is 0 Å². The average Bonchev–Trinajstić information content (AvgIpc) is 2.48. The monoisotopic (exact) mass is 251 g/mol. The van der Waals surface area contributed by atoms with Crippen LogP contribution in [0.3, 0.4) is 0 Å². The fourth-order valence-electron chi connectivity index (χ4n) is 2.05. The zero-order chi connectivity index (χ0) is 13.5. The molecule has 96 valence electrons. The molecule has 0 spiro atoms. The van der Waals surface area contributed by atoms with Gasteiger partial charge in [-0.05, 0) is 36.7 Å². The van der Waals surface area contributed by atoms with Gasteiger partial charge in [0.2, 0.25) is 0 Å². The third kappa shape index (κ3) is 3.64. The molecule has 1 heterocycles. The van der Waals surface area contributed by atoms with E-state index < -0.39 is 0 Å². The first-order valence-corrected chi connectivity index (χ1v) is 6.35. The van der Waals surface area contributed by atoms with Crippen molar-refractivity contribution in [2.45, 2.75) is 12.5 Å². The molecule has 0 N–H and O–H groups in total. The molecule has 0 aliphatic carbocycles. The summed E-state index contributed by atoms with van der Waals surface area (Å²) in [6.07, 6.45) is 4.52. The molecular formula is C16H17N3. The summed E-state index contributed by atoms with van der Waals surface area (Å²) in [6, 6.07) is 16.1. The maximum atomic E-state index is 9.35. The predicted molar refractivity (Wildman–Crippen MR) is 75.4 cm³/mol. The van der Waals surface area contributed by atoms with E-state index in [0.29, 0.717) is 0 Å². The lowest BCUT2D eigenvalue weighted by molar-refractivity contribution is 0.295. The lowest BCUT2D eigenvalue weighted by Crippen LogP contribution is -2.25. The van der Waals surface area contributed by atoms with Crippen LogP contribution < -0.4 is 0 Å². The van der Waals surface area contributed by atoms with E-state index in [-0.39, 0.29) is 6.04 Å². The number of pyridine rings is 1. The highest BCUT2D eigenvalue weighted by Crippen LogP contribution is 2.18. The van der Waals surface area contributed by atoms with Gasteiger partial charge in [0.1, 0.15) is 6.04 Å². The number of aromatic nitrogens is 1. The first kappa shape index (κ1) is 13.3. The van der Waals surface area contributed by atoms with Gasteiger partial charge in [-0.25, -0.2) is 0 Å². The maximum absolute atomic E-state index is 9.35. The second kappa shape index (κ2) is 6.67. The molecule has 3 heteroatoms. The maximum Gasteiger partial charge on any atom is 0.123 e. The fraction of sp³-hybridized carbons (Fsp3) is 0.250. The van der Waals surface area contributed by atoms with Crippen molar-refractivity contribution in [2.75, 3.05) is 13.6 Å². The summed E-state index contributed by atoms with van der Waals surface area (Å²) >= 11 is 0. The van der Waals surface area contributed by atoms with Gasteiger partial charge in [-0.1, -0.05) is 30.3 Å². The number of benzene rings is 1. The highest BCUT2D eigenvalue weighted by molar-refractivity contribution is 5.24. The largest absolute Gasteiger partial charge is 0.287 e. The Bertz CT molecular complexity index is 531. The zero-order valence-corrected chi connectivity index (χ0v) is 11.0. The topological polar surface area (TPSA) is 39.9 Å². The Balaban J connectivity index is 1.99. The lowest BCUT2D eigenvalue weighted by Gasteiger charge is -2.22. The van der Waals surface area contributed by atoms with Crippen molar-refractivity contribution in [1.82, 2.24) is 9.88 Å². The van der Waals surface area contributed by atoms with Crippen LogP contribution in [-0.4, -0.2) is 23.5 Å². The summed E-state index contributed by atoms with van der Waals surface area (Å²) < 4.78 is 0. The normalized spacial score (nSPS) is 12.1. The minimum Gasteiger partial charge on any atom is -0.287 e. The van der Waals surface area contributed by atoms with Gasteiger partial charge in [-0.3, -0.25) is 9.88 Å². The van der Waals surface area contributed by atoms with Crippen LogP contribution in [-0.2, 0) is 6.42 Å². The summed E-state index contributed by atoms with van der Waals surface area (Å²) in [6.45, 7) is 0.844. The molecule has 3 nitrogen and oxygen atoms in total. The number of nitriles is 1. The van der Waals surface area contributed by atoms with E-state index in [9.17, 15) is 5.26 Å². The minimum atomic E-state index is -0.192. The van der Waals surface area contributed by atoms with E-state index in [1.165, 1.54) is 5.56 Å². The standard InChI is InChI=1S/C16H17N3/c1-19(12-9-14-7-10-18-11-8-14)16(13-17)15-5-3-2-4-6-15/h2-8,10-11,16H,9,12H2,1H3. The Labute approximate surface area is 114 Å². The molecule has 1 unspecified atom stereocenters. The Hall–Kier alpha value is -2.18. The Morgan fingerprint density at radius 1 is 1.16 bits per heavy atom. The van der Waals surface area contributed by atoms with Crippen molar-refractivity contribution in [3.05, 3.63) is 66.0 Å². The molecule has 0 fully saturated rings. The van der Waals surface area contributed by atoms with Crippen LogP contribution in [0.5, 0.6) is 0 Å². The second-order valence-electron chi connectivity index (χ2n) is 4.53. The van der Waals surface area contributed by atoms with Crippen LogP contribution in [0.2, 0.25) is 0 Å². The number of rotatable bonds is 5. The van der Waals surface area contributed by atoms with Crippen LogP contribution in [0.1, 0.15) is 17.2 Å². The van der Waals surface area contributed by atoms with Gasteiger partial charge >= 0.3 is 0 Å². The summed E-state index contributed by atoms with van der Waals surface area (Å²) in [5.74, 6) is 0. The average molecular weight is 251 g/mol. The summed E-state index contributed by atoms with van der Waals surface area (Å²) in [7, 11) is 1.99. The van der Waals surface area contributed by atoms with E-state index >= 15 is 0 Å². The fourth-order valence-corrected chi connectivity index (χ4v) is 2.05. The van der Waals surface area contributed by atoms with Crippen LogP contribution in [0, 0.1) is 11.3 Å². The Kier molecular flexibility index (Phi) is 4.66. The van der Waals surface area contributed by atoms with Crippen molar-refractivity contribution in [1.29, 1.82) is 5.26 Å². The van der Waals surface area contributed by atoms with Crippen molar-refractivity contribution in [2.24, 2.45) is 0 Å². The van der Waals surface area contributed by atoms with Gasteiger partial charge in [-0.15, -0.1) is 0 Å². The highest BCUT2D eigenvalue weighted by atomic mass is 15.1. The van der Waals surface area contributed by atoms with Crippen molar-refractivity contribution in [3.63, 3.8) is 0 Å². The van der Waals surface area contributed by atoms with Crippen molar-refractivity contribution >= 4 is 0 Å². The van der Waals surface area contributed by atoms with Gasteiger partial charge in [0, 0.05) is 18.9 Å². The molecule has 0 bridgehead atoms. The van der Waals surface area contributed by atoms with Crippen LogP contribution in [0.4, 0.5) is 0 Å². The van der Waals surface area contributed by atoms with E-state index in [1.807, 2.05) is 49.5 Å². The molecule has 0 saturated carbocycles. The van der Waals surface area contributed by atoms with Gasteiger partial charge in [0.05, 0.1) is 6.07 Å². The predicted octanol–water partition coefficient (Wildman–Crippen LogP) is 2.82. The summed E-state index contributed by atoms with van der Waals surface area (Å²) in [5, 5.41) is 9.35. The third-order valence-corrected chi connectivity index (χ3v) is 3.18. The molecule has 2 rings (SSSR count). The molecule has 1 aromatic heterocycles. The third-order valence-electron chi connectivity index (χ3n) is 3.18. The molecule has 0 aliphatic heterocycles. The van der Waals surface area contributed by atoms with Crippen LogP contribution >= 0.6 is 0 Å².